The average Bonchev–Trinajstić information content (AvgIpc) is 2.16. The molecule has 2 N–H and O–H groups in total. The first-order valence-electron chi connectivity index (χ1n) is 4.08. The molecule has 14 heavy (non-hydrogen) atoms. The lowest BCUT2D eigenvalue weighted by molar-refractivity contribution is 0.0844. The van der Waals surface area contributed by atoms with Crippen molar-refractivity contribution in [2.75, 3.05) is 6.61 Å². The van der Waals surface area contributed by atoms with Crippen LogP contribution < -0.4 is 4.43 Å². The van der Waals surface area contributed by atoms with E-state index < -0.39 is 9.05 Å². The molecule has 1 aromatic rings. The van der Waals surface area contributed by atoms with Gasteiger partial charge in [0.2, 0.25) is 0 Å². The summed E-state index contributed by atoms with van der Waals surface area (Å²) in [6.45, 7) is 3.44. The summed E-state index contributed by atoms with van der Waals surface area (Å²) in [6, 6.07) is 8.49. The largest absolute Gasteiger partial charge is 0.744 e. The molecule has 0 spiro atoms. The van der Waals surface area contributed by atoms with Crippen LogP contribution in [-0.4, -0.2) is 25.2 Å². The molecule has 0 radical (unpaired) electrons. The van der Waals surface area contributed by atoms with Gasteiger partial charge < -0.3 is 18.4 Å². The Labute approximate surface area is 83.5 Å². The first-order chi connectivity index (χ1) is 6.64. The van der Waals surface area contributed by atoms with Crippen molar-refractivity contribution in [1.29, 1.82) is 0 Å². The van der Waals surface area contributed by atoms with Crippen LogP contribution in [0.2, 0.25) is 0 Å². The molecule has 0 heterocycles. The van der Waals surface area contributed by atoms with Crippen molar-refractivity contribution in [2.45, 2.75) is 0 Å². The van der Waals surface area contributed by atoms with Crippen LogP contribution >= 0.6 is 0 Å². The molecule has 0 atom stereocenters. The van der Waals surface area contributed by atoms with Crippen LogP contribution in [0.25, 0.3) is 0 Å². The summed E-state index contributed by atoms with van der Waals surface area (Å²) >= 11 is 0. The van der Waals surface area contributed by atoms with Gasteiger partial charge in [-0.05, 0) is 12.1 Å². The fourth-order valence-electron chi connectivity index (χ4n) is 0.839. The summed E-state index contributed by atoms with van der Waals surface area (Å²) < 4.78 is 9.58. The van der Waals surface area contributed by atoms with Gasteiger partial charge in [-0.2, -0.15) is 0 Å². The third-order valence-electron chi connectivity index (χ3n) is 1.38. The second-order valence-electron chi connectivity index (χ2n) is 2.56. The van der Waals surface area contributed by atoms with Gasteiger partial charge in [0.15, 0.2) is 0 Å². The predicted molar refractivity (Wildman–Crippen MR) is 53.4 cm³/mol. The van der Waals surface area contributed by atoms with Crippen molar-refractivity contribution in [2.24, 2.45) is 0 Å². The standard InChI is InChI=1S/C9H12O4Si/c1-2-8-12-14(10,11)13-9-6-4-3-5-7-9/h2-7,10-11H,1,8H2. The zero-order valence-corrected chi connectivity index (χ0v) is 8.59. The monoisotopic (exact) mass is 212 g/mol. The minimum atomic E-state index is -4.04. The van der Waals surface area contributed by atoms with Gasteiger partial charge in [-0.25, -0.2) is 0 Å². The number of hydrogen-bond donors (Lipinski definition) is 2. The molecule has 0 aliphatic rings. The highest BCUT2D eigenvalue weighted by Gasteiger charge is 2.38. The van der Waals surface area contributed by atoms with Crippen LogP contribution in [-0.2, 0) is 4.43 Å². The summed E-state index contributed by atoms with van der Waals surface area (Å²) in [5.41, 5.74) is 0. The minimum absolute atomic E-state index is 0.0477. The van der Waals surface area contributed by atoms with E-state index in [9.17, 15) is 9.59 Å². The smallest absolute Gasteiger partial charge is 0.480 e. The van der Waals surface area contributed by atoms with Gasteiger partial charge in [0.1, 0.15) is 5.75 Å². The highest BCUT2D eigenvalue weighted by molar-refractivity contribution is 6.51. The second-order valence-corrected chi connectivity index (χ2v) is 4.15. The van der Waals surface area contributed by atoms with Crippen molar-refractivity contribution in [1.82, 2.24) is 0 Å². The number of hydrogen-bond acceptors (Lipinski definition) is 4. The van der Waals surface area contributed by atoms with E-state index in [2.05, 4.69) is 6.58 Å². The maximum Gasteiger partial charge on any atom is 0.744 e. The van der Waals surface area contributed by atoms with Crippen LogP contribution in [0.4, 0.5) is 0 Å². The Hall–Kier alpha value is -1.14. The van der Waals surface area contributed by atoms with Crippen LogP contribution in [0.3, 0.4) is 0 Å². The first kappa shape index (κ1) is 10.9. The van der Waals surface area contributed by atoms with Gasteiger partial charge in [0, 0.05) is 0 Å². The SMILES string of the molecule is C=CCO[Si](O)(O)Oc1ccccc1. The van der Waals surface area contributed by atoms with E-state index in [0.29, 0.717) is 5.75 Å². The van der Waals surface area contributed by atoms with Crippen molar-refractivity contribution < 1.29 is 18.4 Å². The lowest BCUT2D eigenvalue weighted by Crippen LogP contribution is -2.46. The molecule has 5 heteroatoms. The molecule has 0 amide bonds. The van der Waals surface area contributed by atoms with E-state index in [4.69, 9.17) is 8.85 Å². The molecule has 0 saturated heterocycles. The van der Waals surface area contributed by atoms with Crippen molar-refractivity contribution >= 4 is 9.05 Å². The zero-order valence-electron chi connectivity index (χ0n) is 7.59. The Morgan fingerprint density at radius 3 is 2.50 bits per heavy atom. The molecule has 0 fully saturated rings. The highest BCUT2D eigenvalue weighted by Crippen LogP contribution is 2.12. The van der Waals surface area contributed by atoms with Gasteiger partial charge in [-0.3, -0.25) is 0 Å². The van der Waals surface area contributed by atoms with E-state index in [1.165, 1.54) is 6.08 Å². The fraction of sp³-hybridized carbons (Fsp3) is 0.111. The van der Waals surface area contributed by atoms with Gasteiger partial charge in [0.05, 0.1) is 6.61 Å². The molecular formula is C9H12O4Si. The van der Waals surface area contributed by atoms with Crippen LogP contribution in [0.15, 0.2) is 43.0 Å². The van der Waals surface area contributed by atoms with Gasteiger partial charge in [-0.1, -0.05) is 24.3 Å². The zero-order chi connectivity index (χ0) is 10.4. The molecule has 0 aliphatic heterocycles. The number of para-hydroxylation sites is 1. The molecule has 0 saturated carbocycles. The molecule has 0 unspecified atom stereocenters. The lowest BCUT2D eigenvalue weighted by Gasteiger charge is -2.16. The molecule has 0 aromatic heterocycles. The van der Waals surface area contributed by atoms with Crippen LogP contribution in [0, 0.1) is 0 Å². The summed E-state index contributed by atoms with van der Waals surface area (Å²) in [5.74, 6) is 0.369. The fourth-order valence-corrected chi connectivity index (χ4v) is 1.68. The number of benzene rings is 1. The molecule has 0 bridgehead atoms. The van der Waals surface area contributed by atoms with Crippen molar-refractivity contribution in [3.05, 3.63) is 43.0 Å². The van der Waals surface area contributed by atoms with E-state index in [0.717, 1.165) is 0 Å². The van der Waals surface area contributed by atoms with Gasteiger partial charge in [0.25, 0.3) is 0 Å². The van der Waals surface area contributed by atoms with Crippen molar-refractivity contribution in [3.8, 4) is 5.75 Å². The summed E-state index contributed by atoms with van der Waals surface area (Å²) in [5, 5.41) is 0. The molecule has 1 aromatic carbocycles. The highest BCUT2D eigenvalue weighted by atomic mass is 28.4. The Balaban J connectivity index is 2.54. The van der Waals surface area contributed by atoms with E-state index in [1.54, 1.807) is 30.3 Å². The van der Waals surface area contributed by atoms with Crippen molar-refractivity contribution in [3.63, 3.8) is 0 Å². The summed E-state index contributed by atoms with van der Waals surface area (Å²) in [4.78, 5) is 18.6. The van der Waals surface area contributed by atoms with Gasteiger partial charge >= 0.3 is 9.05 Å². The first-order valence-corrected chi connectivity index (χ1v) is 5.79. The topological polar surface area (TPSA) is 58.9 Å². The van der Waals surface area contributed by atoms with E-state index in [-0.39, 0.29) is 6.61 Å². The summed E-state index contributed by atoms with van der Waals surface area (Å²) in [6.07, 6.45) is 1.42. The Morgan fingerprint density at radius 2 is 1.93 bits per heavy atom. The molecule has 76 valence electrons. The minimum Gasteiger partial charge on any atom is -0.480 e. The molecule has 0 aliphatic carbocycles. The molecule has 1 rings (SSSR count). The predicted octanol–water partition coefficient (Wildman–Crippen LogP) is 0.688. The third-order valence-corrected chi connectivity index (χ3v) is 2.43. The van der Waals surface area contributed by atoms with Crippen LogP contribution in [0.1, 0.15) is 0 Å². The normalized spacial score (nSPS) is 11.0. The lowest BCUT2D eigenvalue weighted by atomic mass is 10.3. The third kappa shape index (κ3) is 3.71. The molecular weight excluding hydrogens is 200 g/mol. The quantitative estimate of drug-likeness (QED) is 0.557. The average molecular weight is 212 g/mol. The number of rotatable bonds is 5. The maximum absolute atomic E-state index is 9.30. The van der Waals surface area contributed by atoms with E-state index >= 15 is 0 Å². The van der Waals surface area contributed by atoms with E-state index in [1.807, 2.05) is 0 Å². The molecule has 4 nitrogen and oxygen atoms in total. The van der Waals surface area contributed by atoms with Gasteiger partial charge in [-0.15, -0.1) is 6.58 Å². The maximum atomic E-state index is 9.30. The van der Waals surface area contributed by atoms with Crippen LogP contribution in [0.5, 0.6) is 5.75 Å². The summed E-state index contributed by atoms with van der Waals surface area (Å²) in [7, 11) is -4.04. The Bertz CT molecular complexity index is 286. The Kier molecular flexibility index (Phi) is 3.84. The Morgan fingerprint density at radius 1 is 1.29 bits per heavy atom. The second kappa shape index (κ2) is 4.92.